The van der Waals surface area contributed by atoms with E-state index in [0.717, 1.165) is 12.1 Å². The molecule has 0 spiro atoms. The summed E-state index contributed by atoms with van der Waals surface area (Å²) in [5.41, 5.74) is 3.64. The van der Waals surface area contributed by atoms with Gasteiger partial charge in [-0.15, -0.1) is 0 Å². The molecule has 0 saturated heterocycles. The van der Waals surface area contributed by atoms with Crippen molar-refractivity contribution in [1.82, 2.24) is 4.98 Å². The number of rotatable bonds is 2. The molecule has 19 heavy (non-hydrogen) atoms. The zero-order chi connectivity index (χ0) is 13.1. The predicted molar refractivity (Wildman–Crippen MR) is 83.0 cm³/mol. The third kappa shape index (κ3) is 2.54. The van der Waals surface area contributed by atoms with E-state index >= 15 is 0 Å². The van der Waals surface area contributed by atoms with Gasteiger partial charge >= 0.3 is 0 Å². The third-order valence-electron chi connectivity index (χ3n) is 3.34. The molecule has 2 aromatic rings. The number of hydrogen-bond acceptors (Lipinski definition) is 1. The van der Waals surface area contributed by atoms with E-state index in [-0.39, 0.29) is 4.32 Å². The van der Waals surface area contributed by atoms with Gasteiger partial charge in [0.25, 0.3) is 0 Å². The Morgan fingerprint density at radius 3 is 2.53 bits per heavy atom. The Bertz CT molecular complexity index is 616. The molecule has 2 heteroatoms. The molecule has 3 rings (SSSR count). The second kappa shape index (κ2) is 5.14. The second-order valence-electron chi connectivity index (χ2n) is 4.67. The van der Waals surface area contributed by atoms with Crippen LogP contribution in [0.5, 0.6) is 0 Å². The Morgan fingerprint density at radius 1 is 1.00 bits per heavy atom. The summed E-state index contributed by atoms with van der Waals surface area (Å²) in [4.78, 5) is 4.48. The number of benzene rings is 1. The SMILES string of the molecule is BrC1(c2ccccn2)C=CC=C(c2ccccc2)C1. The van der Waals surface area contributed by atoms with Gasteiger partial charge in [-0.25, -0.2) is 0 Å². The van der Waals surface area contributed by atoms with E-state index in [4.69, 9.17) is 0 Å². The van der Waals surface area contributed by atoms with Gasteiger partial charge < -0.3 is 0 Å². The van der Waals surface area contributed by atoms with E-state index in [1.807, 2.05) is 24.4 Å². The maximum absolute atomic E-state index is 4.48. The fraction of sp³-hybridized carbons (Fsp3) is 0.118. The summed E-state index contributed by atoms with van der Waals surface area (Å²) in [6, 6.07) is 16.5. The van der Waals surface area contributed by atoms with Crippen molar-refractivity contribution in [2.24, 2.45) is 0 Å². The maximum Gasteiger partial charge on any atom is 0.0900 e. The molecule has 1 aliphatic rings. The lowest BCUT2D eigenvalue weighted by atomic mass is 9.87. The average molecular weight is 312 g/mol. The third-order valence-corrected chi connectivity index (χ3v) is 4.29. The van der Waals surface area contributed by atoms with E-state index < -0.39 is 0 Å². The summed E-state index contributed by atoms with van der Waals surface area (Å²) >= 11 is 3.85. The first-order valence-corrected chi connectivity index (χ1v) is 7.11. The lowest BCUT2D eigenvalue weighted by Crippen LogP contribution is -2.19. The van der Waals surface area contributed by atoms with Crippen LogP contribution in [0, 0.1) is 0 Å². The van der Waals surface area contributed by atoms with Crippen molar-refractivity contribution < 1.29 is 0 Å². The predicted octanol–water partition coefficient (Wildman–Crippen LogP) is 4.72. The zero-order valence-corrected chi connectivity index (χ0v) is 12.0. The molecule has 1 atom stereocenters. The summed E-state index contributed by atoms with van der Waals surface area (Å²) in [7, 11) is 0. The molecule has 1 nitrogen and oxygen atoms in total. The zero-order valence-electron chi connectivity index (χ0n) is 10.5. The Morgan fingerprint density at radius 2 is 1.79 bits per heavy atom. The highest BCUT2D eigenvalue weighted by Crippen LogP contribution is 2.42. The molecule has 0 amide bonds. The molecule has 0 aliphatic heterocycles. The van der Waals surface area contributed by atoms with E-state index in [1.54, 1.807) is 0 Å². The van der Waals surface area contributed by atoms with Crippen LogP contribution in [-0.4, -0.2) is 4.98 Å². The largest absolute Gasteiger partial charge is 0.259 e. The summed E-state index contributed by atoms with van der Waals surface area (Å²) in [5, 5.41) is 0. The maximum atomic E-state index is 4.48. The topological polar surface area (TPSA) is 12.9 Å². The minimum absolute atomic E-state index is 0.200. The van der Waals surface area contributed by atoms with Gasteiger partial charge in [0.2, 0.25) is 0 Å². The quantitative estimate of drug-likeness (QED) is 0.732. The van der Waals surface area contributed by atoms with Gasteiger partial charge in [-0.2, -0.15) is 0 Å². The fourth-order valence-electron chi connectivity index (χ4n) is 2.35. The summed E-state index contributed by atoms with van der Waals surface area (Å²) in [6.45, 7) is 0. The number of pyridine rings is 1. The van der Waals surface area contributed by atoms with E-state index in [0.29, 0.717) is 0 Å². The summed E-state index contributed by atoms with van der Waals surface area (Å²) in [6.07, 6.45) is 9.20. The van der Waals surface area contributed by atoms with Crippen LogP contribution < -0.4 is 0 Å². The standard InChI is InChI=1S/C17H14BrN/c18-17(16-10-4-5-12-19-16)11-6-9-15(13-17)14-7-2-1-3-8-14/h1-12H,13H2. The van der Waals surface area contributed by atoms with Crippen LogP contribution in [0.1, 0.15) is 17.7 Å². The molecular weight excluding hydrogens is 298 g/mol. The first-order valence-electron chi connectivity index (χ1n) is 6.32. The van der Waals surface area contributed by atoms with Crippen molar-refractivity contribution in [2.45, 2.75) is 10.7 Å². The van der Waals surface area contributed by atoms with Crippen LogP contribution in [-0.2, 0) is 4.32 Å². The molecule has 1 aromatic carbocycles. The molecule has 0 bridgehead atoms. The van der Waals surface area contributed by atoms with Gasteiger partial charge in [0.15, 0.2) is 0 Å². The highest BCUT2D eigenvalue weighted by atomic mass is 79.9. The molecular formula is C17H14BrN. The lowest BCUT2D eigenvalue weighted by molar-refractivity contribution is 0.775. The molecule has 0 radical (unpaired) electrons. The van der Waals surface area contributed by atoms with E-state index in [1.165, 1.54) is 11.1 Å². The van der Waals surface area contributed by atoms with Gasteiger partial charge in [-0.3, -0.25) is 4.98 Å². The number of allylic oxidation sites excluding steroid dienone is 4. The molecule has 1 aromatic heterocycles. The Kier molecular flexibility index (Phi) is 3.34. The van der Waals surface area contributed by atoms with E-state index in [9.17, 15) is 0 Å². The van der Waals surface area contributed by atoms with Gasteiger partial charge in [-0.05, 0) is 29.7 Å². The number of alkyl halides is 1. The lowest BCUT2D eigenvalue weighted by Gasteiger charge is -2.27. The van der Waals surface area contributed by atoms with Gasteiger partial charge in [0, 0.05) is 6.20 Å². The number of hydrogen-bond donors (Lipinski definition) is 0. The Balaban J connectivity index is 1.94. The molecule has 1 heterocycles. The monoisotopic (exact) mass is 311 g/mol. The molecule has 0 N–H and O–H groups in total. The first-order chi connectivity index (χ1) is 9.28. The van der Waals surface area contributed by atoms with Crippen LogP contribution in [0.25, 0.3) is 5.57 Å². The Hall–Kier alpha value is -1.67. The van der Waals surface area contributed by atoms with Crippen molar-refractivity contribution in [2.75, 3.05) is 0 Å². The molecule has 94 valence electrons. The number of halogens is 1. The van der Waals surface area contributed by atoms with Crippen molar-refractivity contribution in [3.05, 3.63) is 84.2 Å². The van der Waals surface area contributed by atoms with Crippen molar-refractivity contribution in [1.29, 1.82) is 0 Å². The van der Waals surface area contributed by atoms with Gasteiger partial charge in [0.05, 0.1) is 10.0 Å². The fourth-order valence-corrected chi connectivity index (χ4v) is 3.04. The highest BCUT2D eigenvalue weighted by Gasteiger charge is 2.30. The number of nitrogens with zero attached hydrogens (tertiary/aromatic N) is 1. The molecule has 0 saturated carbocycles. The van der Waals surface area contributed by atoms with Crippen molar-refractivity contribution in [3.8, 4) is 0 Å². The summed E-state index contributed by atoms with van der Waals surface area (Å²) < 4.78 is -0.200. The highest BCUT2D eigenvalue weighted by molar-refractivity contribution is 9.09. The average Bonchev–Trinajstić information content (AvgIpc) is 2.49. The van der Waals surface area contributed by atoms with Crippen molar-refractivity contribution >= 4 is 21.5 Å². The van der Waals surface area contributed by atoms with Crippen molar-refractivity contribution in [3.63, 3.8) is 0 Å². The van der Waals surface area contributed by atoms with Crippen LogP contribution in [0.2, 0.25) is 0 Å². The second-order valence-corrected chi connectivity index (χ2v) is 6.09. The van der Waals surface area contributed by atoms with Crippen LogP contribution in [0.3, 0.4) is 0 Å². The van der Waals surface area contributed by atoms with E-state index in [2.05, 4.69) is 69.5 Å². The first kappa shape index (κ1) is 12.4. The summed E-state index contributed by atoms with van der Waals surface area (Å²) in [5.74, 6) is 0. The van der Waals surface area contributed by atoms with Crippen LogP contribution in [0.15, 0.2) is 73.0 Å². The van der Waals surface area contributed by atoms with Crippen LogP contribution in [0.4, 0.5) is 0 Å². The number of aromatic nitrogens is 1. The Labute approximate surface area is 121 Å². The minimum atomic E-state index is -0.200. The minimum Gasteiger partial charge on any atom is -0.259 e. The molecule has 0 fully saturated rings. The smallest absolute Gasteiger partial charge is 0.0900 e. The van der Waals surface area contributed by atoms with Gasteiger partial charge in [-0.1, -0.05) is 70.6 Å². The molecule has 1 aliphatic carbocycles. The van der Waals surface area contributed by atoms with Gasteiger partial charge in [0.1, 0.15) is 0 Å². The normalized spacial score (nSPS) is 22.1. The molecule has 1 unspecified atom stereocenters. The van der Waals surface area contributed by atoms with Crippen LogP contribution >= 0.6 is 15.9 Å².